The summed E-state index contributed by atoms with van der Waals surface area (Å²) in [5.41, 5.74) is 4.81. The van der Waals surface area contributed by atoms with Gasteiger partial charge < -0.3 is 9.64 Å². The molecule has 0 N–H and O–H groups in total. The predicted molar refractivity (Wildman–Crippen MR) is 136 cm³/mol. The number of fused-ring (bicyclic) bond motifs is 1. The second-order valence-corrected chi connectivity index (χ2v) is 9.11. The summed E-state index contributed by atoms with van der Waals surface area (Å²) in [6.07, 6.45) is 7.09. The molecule has 5 rings (SSSR count). The Balaban J connectivity index is 1.19. The molecule has 2 heterocycles. The van der Waals surface area contributed by atoms with Crippen LogP contribution in [0.2, 0.25) is 0 Å². The molecule has 0 unspecified atom stereocenters. The van der Waals surface area contributed by atoms with Gasteiger partial charge in [-0.25, -0.2) is 0 Å². The van der Waals surface area contributed by atoms with Gasteiger partial charge in [-0.05, 0) is 67.0 Å². The Labute approximate surface area is 196 Å². The summed E-state index contributed by atoms with van der Waals surface area (Å²) in [6, 6.07) is 23.8. The quantitative estimate of drug-likeness (QED) is 0.512. The Hall–Kier alpha value is -3.29. The third kappa shape index (κ3) is 4.60. The Morgan fingerprint density at radius 3 is 2.24 bits per heavy atom. The van der Waals surface area contributed by atoms with Crippen molar-refractivity contribution in [3.8, 4) is 11.8 Å². The fourth-order valence-corrected chi connectivity index (χ4v) is 5.37. The number of rotatable bonds is 4. The van der Waals surface area contributed by atoms with Gasteiger partial charge in [0.25, 0.3) is 0 Å². The maximum absolute atomic E-state index is 9.42. The number of benzene rings is 3. The van der Waals surface area contributed by atoms with Gasteiger partial charge in [0.1, 0.15) is 5.75 Å². The molecule has 0 saturated carbocycles. The van der Waals surface area contributed by atoms with Gasteiger partial charge in [-0.3, -0.25) is 4.90 Å². The maximum atomic E-state index is 9.42. The van der Waals surface area contributed by atoms with Crippen LogP contribution in [0.25, 0.3) is 16.8 Å². The number of piperidine rings is 2. The summed E-state index contributed by atoms with van der Waals surface area (Å²) in [5.74, 6) is 0.916. The lowest BCUT2D eigenvalue weighted by Crippen LogP contribution is -2.47. The summed E-state index contributed by atoms with van der Waals surface area (Å²) in [7, 11) is 1.71. The molecule has 0 atom stereocenters. The van der Waals surface area contributed by atoms with E-state index in [-0.39, 0.29) is 0 Å². The van der Waals surface area contributed by atoms with Crippen LogP contribution in [0, 0.1) is 11.3 Å². The number of ether oxygens (including phenoxy) is 1. The third-order valence-corrected chi connectivity index (χ3v) is 7.30. The lowest BCUT2D eigenvalue weighted by Gasteiger charge is -2.41. The first-order valence-electron chi connectivity index (χ1n) is 12.0. The van der Waals surface area contributed by atoms with Crippen LogP contribution < -0.4 is 9.64 Å². The normalized spacial score (nSPS) is 17.7. The molecule has 0 aliphatic carbocycles. The number of anilines is 1. The summed E-state index contributed by atoms with van der Waals surface area (Å²) in [5, 5.41) is 11.7. The zero-order valence-corrected chi connectivity index (χ0v) is 19.3. The van der Waals surface area contributed by atoms with Gasteiger partial charge in [-0.1, -0.05) is 42.0 Å². The van der Waals surface area contributed by atoms with Gasteiger partial charge in [0.2, 0.25) is 0 Å². The van der Waals surface area contributed by atoms with E-state index in [4.69, 9.17) is 4.74 Å². The highest BCUT2D eigenvalue weighted by Crippen LogP contribution is 2.30. The number of methoxy groups -OCH3 is 1. The van der Waals surface area contributed by atoms with Gasteiger partial charge in [0.15, 0.2) is 0 Å². The largest absolute Gasteiger partial charge is 0.497 e. The molecule has 2 aliphatic heterocycles. The number of likely N-dealkylation sites (tertiary alicyclic amines) is 1. The number of nitriles is 1. The molecule has 4 nitrogen and oxygen atoms in total. The van der Waals surface area contributed by atoms with Gasteiger partial charge in [-0.2, -0.15) is 5.26 Å². The molecule has 0 aromatic heterocycles. The fourth-order valence-electron chi connectivity index (χ4n) is 5.37. The van der Waals surface area contributed by atoms with E-state index < -0.39 is 0 Å². The topological polar surface area (TPSA) is 39.5 Å². The minimum atomic E-state index is 0.691. The fraction of sp³-hybridized carbons (Fsp3) is 0.345. The Kier molecular flexibility index (Phi) is 6.32. The lowest BCUT2D eigenvalue weighted by molar-refractivity contribution is 0.158. The summed E-state index contributed by atoms with van der Waals surface area (Å²) < 4.78 is 5.29. The first kappa shape index (κ1) is 21.6. The maximum Gasteiger partial charge on any atom is 0.119 e. The molecule has 2 fully saturated rings. The SMILES string of the molecule is COc1ccc(N2CCC(N3CCC(=Cc4ccc(C#N)c5ccccc45)CC3)CC2)cc1. The van der Waals surface area contributed by atoms with E-state index in [1.807, 2.05) is 12.1 Å². The van der Waals surface area contributed by atoms with Crippen molar-refractivity contribution in [2.45, 2.75) is 31.7 Å². The van der Waals surface area contributed by atoms with Crippen molar-refractivity contribution in [1.29, 1.82) is 5.26 Å². The average molecular weight is 438 g/mol. The zero-order chi connectivity index (χ0) is 22.6. The van der Waals surface area contributed by atoms with Gasteiger partial charge >= 0.3 is 0 Å². The Morgan fingerprint density at radius 2 is 1.58 bits per heavy atom. The van der Waals surface area contributed by atoms with Crippen LogP contribution in [0.1, 0.15) is 36.8 Å². The molecule has 3 aromatic carbocycles. The van der Waals surface area contributed by atoms with E-state index in [0.717, 1.165) is 55.7 Å². The van der Waals surface area contributed by atoms with Crippen molar-refractivity contribution in [3.05, 3.63) is 77.4 Å². The second kappa shape index (κ2) is 9.68. The Bertz CT molecular complexity index is 1170. The third-order valence-electron chi connectivity index (χ3n) is 7.30. The lowest BCUT2D eigenvalue weighted by atomic mass is 9.94. The standard InChI is InChI=1S/C29H31N3O/c1-33-27-10-8-25(9-11-27)32-18-14-26(15-19-32)31-16-12-22(13-17-31)20-23-6-7-24(21-30)29-5-3-2-4-28(23)29/h2-11,20,26H,12-19H2,1H3. The van der Waals surface area contributed by atoms with Gasteiger partial charge in [-0.15, -0.1) is 0 Å². The van der Waals surface area contributed by atoms with Crippen LogP contribution in [-0.4, -0.2) is 44.2 Å². The van der Waals surface area contributed by atoms with E-state index in [0.29, 0.717) is 6.04 Å². The molecule has 3 aromatic rings. The minimum Gasteiger partial charge on any atom is -0.497 e. The van der Waals surface area contributed by atoms with Crippen LogP contribution in [-0.2, 0) is 0 Å². The molecular formula is C29H31N3O. The molecule has 2 aliphatic rings. The highest BCUT2D eigenvalue weighted by Gasteiger charge is 2.26. The van der Waals surface area contributed by atoms with Crippen molar-refractivity contribution in [3.63, 3.8) is 0 Å². The van der Waals surface area contributed by atoms with E-state index >= 15 is 0 Å². The summed E-state index contributed by atoms with van der Waals surface area (Å²) >= 11 is 0. The molecule has 0 amide bonds. The van der Waals surface area contributed by atoms with Gasteiger partial charge in [0.05, 0.1) is 18.7 Å². The molecule has 33 heavy (non-hydrogen) atoms. The van der Waals surface area contributed by atoms with Crippen LogP contribution in [0.4, 0.5) is 5.69 Å². The average Bonchev–Trinajstić information content (AvgIpc) is 2.89. The molecule has 168 valence electrons. The van der Waals surface area contributed by atoms with Crippen molar-refractivity contribution >= 4 is 22.5 Å². The number of nitrogens with zero attached hydrogens (tertiary/aromatic N) is 3. The van der Waals surface area contributed by atoms with Crippen LogP contribution >= 0.6 is 0 Å². The first-order valence-corrected chi connectivity index (χ1v) is 12.0. The second-order valence-electron chi connectivity index (χ2n) is 9.11. The molecule has 2 saturated heterocycles. The molecule has 4 heteroatoms. The van der Waals surface area contributed by atoms with E-state index in [1.165, 1.54) is 35.1 Å². The van der Waals surface area contributed by atoms with E-state index in [2.05, 4.69) is 70.5 Å². The van der Waals surface area contributed by atoms with Crippen molar-refractivity contribution in [2.24, 2.45) is 0 Å². The van der Waals surface area contributed by atoms with Crippen molar-refractivity contribution in [2.75, 3.05) is 38.2 Å². The summed E-state index contributed by atoms with van der Waals surface area (Å²) in [4.78, 5) is 5.21. The highest BCUT2D eigenvalue weighted by molar-refractivity contribution is 5.94. The number of hydrogen-bond acceptors (Lipinski definition) is 4. The molecule has 0 bridgehead atoms. The van der Waals surface area contributed by atoms with Gasteiger partial charge in [0, 0.05) is 43.3 Å². The molecule has 0 spiro atoms. The predicted octanol–water partition coefficient (Wildman–Crippen LogP) is 5.87. The van der Waals surface area contributed by atoms with Crippen LogP contribution in [0.15, 0.2) is 66.2 Å². The smallest absolute Gasteiger partial charge is 0.119 e. The zero-order valence-electron chi connectivity index (χ0n) is 19.3. The molecule has 0 radical (unpaired) electrons. The number of hydrogen-bond donors (Lipinski definition) is 0. The monoisotopic (exact) mass is 437 g/mol. The van der Waals surface area contributed by atoms with Crippen LogP contribution in [0.5, 0.6) is 5.75 Å². The highest BCUT2D eigenvalue weighted by atomic mass is 16.5. The van der Waals surface area contributed by atoms with E-state index in [1.54, 1.807) is 7.11 Å². The van der Waals surface area contributed by atoms with E-state index in [9.17, 15) is 5.26 Å². The van der Waals surface area contributed by atoms with Crippen LogP contribution in [0.3, 0.4) is 0 Å². The van der Waals surface area contributed by atoms with Crippen molar-refractivity contribution < 1.29 is 4.74 Å². The first-order chi connectivity index (χ1) is 16.2. The Morgan fingerprint density at radius 1 is 0.879 bits per heavy atom. The van der Waals surface area contributed by atoms with Crippen molar-refractivity contribution in [1.82, 2.24) is 4.90 Å². The minimum absolute atomic E-state index is 0.691. The molecular weight excluding hydrogens is 406 g/mol. The summed E-state index contributed by atoms with van der Waals surface area (Å²) in [6.45, 7) is 4.53.